The number of hydrogen-bond acceptors (Lipinski definition) is 4. The van der Waals surface area contributed by atoms with E-state index in [1.807, 2.05) is 6.08 Å². The van der Waals surface area contributed by atoms with Crippen LogP contribution in [0.15, 0.2) is 36.1 Å². The molecular formula is C13H12O4. The van der Waals surface area contributed by atoms with E-state index in [4.69, 9.17) is 9.84 Å². The fourth-order valence-electron chi connectivity index (χ4n) is 1.33. The number of carbonyl (C=O) groups is 1. The SMILES string of the molecule is O=C(/C=C/c1ccc(O)c(O)c1)OC1=CCC1. The number of hydrogen-bond donors (Lipinski definition) is 2. The van der Waals surface area contributed by atoms with Gasteiger partial charge in [0.25, 0.3) is 0 Å². The van der Waals surface area contributed by atoms with Crippen LogP contribution in [0.1, 0.15) is 18.4 Å². The zero-order valence-electron chi connectivity index (χ0n) is 9.09. The number of allylic oxidation sites excluding steroid dienone is 2. The molecule has 0 aliphatic heterocycles. The molecule has 0 unspecified atom stereocenters. The number of benzene rings is 1. The predicted octanol–water partition coefficient (Wildman–Crippen LogP) is 2.33. The van der Waals surface area contributed by atoms with Crippen LogP contribution in [0, 0.1) is 0 Å². The van der Waals surface area contributed by atoms with E-state index in [0.29, 0.717) is 11.3 Å². The second kappa shape index (κ2) is 4.74. The Balaban J connectivity index is 1.99. The quantitative estimate of drug-likeness (QED) is 0.477. The van der Waals surface area contributed by atoms with E-state index in [0.717, 1.165) is 12.8 Å². The van der Waals surface area contributed by atoms with Gasteiger partial charge in [-0.1, -0.05) is 6.07 Å². The first-order valence-electron chi connectivity index (χ1n) is 5.26. The molecule has 1 aliphatic carbocycles. The van der Waals surface area contributed by atoms with Gasteiger partial charge in [0.15, 0.2) is 11.5 Å². The van der Waals surface area contributed by atoms with Crippen molar-refractivity contribution in [1.29, 1.82) is 0 Å². The van der Waals surface area contributed by atoms with Gasteiger partial charge in [0.2, 0.25) is 0 Å². The lowest BCUT2D eigenvalue weighted by atomic mass is 10.1. The van der Waals surface area contributed by atoms with Crippen molar-refractivity contribution in [3.63, 3.8) is 0 Å². The van der Waals surface area contributed by atoms with Crippen molar-refractivity contribution >= 4 is 12.0 Å². The Hall–Kier alpha value is -2.23. The molecule has 4 nitrogen and oxygen atoms in total. The van der Waals surface area contributed by atoms with Crippen molar-refractivity contribution in [3.8, 4) is 11.5 Å². The summed E-state index contributed by atoms with van der Waals surface area (Å²) >= 11 is 0. The minimum atomic E-state index is -0.441. The van der Waals surface area contributed by atoms with Crippen LogP contribution in [0.4, 0.5) is 0 Å². The third-order valence-electron chi connectivity index (χ3n) is 2.41. The molecule has 1 aliphatic rings. The summed E-state index contributed by atoms with van der Waals surface area (Å²) in [4.78, 5) is 11.3. The molecule has 0 radical (unpaired) electrons. The van der Waals surface area contributed by atoms with Crippen molar-refractivity contribution in [2.24, 2.45) is 0 Å². The summed E-state index contributed by atoms with van der Waals surface area (Å²) in [6.07, 6.45) is 6.42. The lowest BCUT2D eigenvalue weighted by Gasteiger charge is -2.12. The summed E-state index contributed by atoms with van der Waals surface area (Å²) in [7, 11) is 0. The van der Waals surface area contributed by atoms with Crippen molar-refractivity contribution < 1.29 is 19.7 Å². The van der Waals surface area contributed by atoms with E-state index < -0.39 is 5.97 Å². The molecule has 88 valence electrons. The van der Waals surface area contributed by atoms with Crippen LogP contribution >= 0.6 is 0 Å². The minimum Gasteiger partial charge on any atom is -0.504 e. The van der Waals surface area contributed by atoms with Crippen LogP contribution in [-0.2, 0) is 9.53 Å². The molecule has 2 rings (SSSR count). The Morgan fingerprint density at radius 2 is 2.06 bits per heavy atom. The van der Waals surface area contributed by atoms with Crippen LogP contribution in [0.5, 0.6) is 11.5 Å². The maximum absolute atomic E-state index is 11.3. The molecule has 0 fully saturated rings. The van der Waals surface area contributed by atoms with Crippen molar-refractivity contribution in [3.05, 3.63) is 41.7 Å². The molecule has 1 aromatic carbocycles. The molecule has 0 bridgehead atoms. The number of esters is 1. The first kappa shape index (κ1) is 11.3. The van der Waals surface area contributed by atoms with Gasteiger partial charge in [-0.15, -0.1) is 0 Å². The Labute approximate surface area is 98.5 Å². The van der Waals surface area contributed by atoms with E-state index in [9.17, 15) is 9.90 Å². The number of phenols is 2. The van der Waals surface area contributed by atoms with Crippen LogP contribution in [0.2, 0.25) is 0 Å². The number of aromatic hydroxyl groups is 2. The van der Waals surface area contributed by atoms with Crippen LogP contribution in [-0.4, -0.2) is 16.2 Å². The second-order valence-electron chi connectivity index (χ2n) is 3.71. The van der Waals surface area contributed by atoms with Crippen molar-refractivity contribution in [1.82, 2.24) is 0 Å². The molecule has 4 heteroatoms. The lowest BCUT2D eigenvalue weighted by Crippen LogP contribution is -2.05. The van der Waals surface area contributed by atoms with E-state index in [2.05, 4.69) is 0 Å². The maximum atomic E-state index is 11.3. The summed E-state index contributed by atoms with van der Waals surface area (Å²) in [6, 6.07) is 4.30. The van der Waals surface area contributed by atoms with E-state index >= 15 is 0 Å². The lowest BCUT2D eigenvalue weighted by molar-refractivity contribution is -0.134. The number of rotatable bonds is 3. The molecule has 17 heavy (non-hydrogen) atoms. The van der Waals surface area contributed by atoms with Gasteiger partial charge < -0.3 is 14.9 Å². The van der Waals surface area contributed by atoms with Crippen LogP contribution < -0.4 is 0 Å². The molecular weight excluding hydrogens is 220 g/mol. The largest absolute Gasteiger partial charge is 0.504 e. The summed E-state index contributed by atoms with van der Waals surface area (Å²) in [6.45, 7) is 0. The number of ether oxygens (including phenoxy) is 1. The monoisotopic (exact) mass is 232 g/mol. The molecule has 0 spiro atoms. The number of carbonyl (C=O) groups excluding carboxylic acids is 1. The molecule has 1 aromatic rings. The highest BCUT2D eigenvalue weighted by molar-refractivity contribution is 5.87. The summed E-state index contributed by atoms with van der Waals surface area (Å²) in [5.41, 5.74) is 0.611. The zero-order chi connectivity index (χ0) is 12.3. The van der Waals surface area contributed by atoms with Gasteiger partial charge >= 0.3 is 5.97 Å². The maximum Gasteiger partial charge on any atom is 0.335 e. The average Bonchev–Trinajstić information content (AvgIpc) is 2.25. The average molecular weight is 232 g/mol. The van der Waals surface area contributed by atoms with Crippen molar-refractivity contribution in [2.45, 2.75) is 12.8 Å². The van der Waals surface area contributed by atoms with E-state index in [-0.39, 0.29) is 11.5 Å². The van der Waals surface area contributed by atoms with Gasteiger partial charge in [0.1, 0.15) is 5.76 Å². The third-order valence-corrected chi connectivity index (χ3v) is 2.41. The first-order chi connectivity index (χ1) is 8.15. The fourth-order valence-corrected chi connectivity index (χ4v) is 1.33. The third kappa shape index (κ3) is 2.87. The van der Waals surface area contributed by atoms with Gasteiger partial charge in [-0.2, -0.15) is 0 Å². The summed E-state index contributed by atoms with van der Waals surface area (Å²) in [5, 5.41) is 18.4. The van der Waals surface area contributed by atoms with Gasteiger partial charge in [-0.05, 0) is 36.3 Å². The van der Waals surface area contributed by atoms with E-state index in [1.54, 1.807) is 6.07 Å². The Bertz CT molecular complexity index is 500. The fraction of sp³-hybridized carbons (Fsp3) is 0.154. The molecule has 0 amide bonds. The van der Waals surface area contributed by atoms with Gasteiger partial charge in [-0.25, -0.2) is 4.79 Å². The molecule has 0 aromatic heterocycles. The van der Waals surface area contributed by atoms with Gasteiger partial charge in [0, 0.05) is 12.5 Å². The Kier molecular flexibility index (Phi) is 3.14. The molecule has 0 heterocycles. The van der Waals surface area contributed by atoms with Crippen molar-refractivity contribution in [2.75, 3.05) is 0 Å². The highest BCUT2D eigenvalue weighted by atomic mass is 16.5. The predicted molar refractivity (Wildman–Crippen MR) is 62.2 cm³/mol. The molecule has 0 atom stereocenters. The minimum absolute atomic E-state index is 0.190. The standard InChI is InChI=1S/C13H12O4/c14-11-6-4-9(8-12(11)15)5-7-13(16)17-10-2-1-3-10/h2,4-8,14-15H,1,3H2/b7-5+. The Morgan fingerprint density at radius 3 is 2.65 bits per heavy atom. The molecule has 2 N–H and O–H groups in total. The molecule has 0 saturated carbocycles. The first-order valence-corrected chi connectivity index (χ1v) is 5.26. The molecule has 0 saturated heterocycles. The number of phenolic OH excluding ortho intramolecular Hbond substituents is 2. The topological polar surface area (TPSA) is 66.8 Å². The summed E-state index contributed by atoms with van der Waals surface area (Å²) in [5.74, 6) is -0.150. The van der Waals surface area contributed by atoms with Crippen LogP contribution in [0.25, 0.3) is 6.08 Å². The Morgan fingerprint density at radius 1 is 1.29 bits per heavy atom. The normalized spacial score (nSPS) is 14.2. The zero-order valence-corrected chi connectivity index (χ0v) is 9.09. The van der Waals surface area contributed by atoms with Crippen LogP contribution in [0.3, 0.4) is 0 Å². The smallest absolute Gasteiger partial charge is 0.335 e. The van der Waals surface area contributed by atoms with Gasteiger partial charge in [-0.3, -0.25) is 0 Å². The van der Waals surface area contributed by atoms with Gasteiger partial charge in [0.05, 0.1) is 0 Å². The highest BCUT2D eigenvalue weighted by Gasteiger charge is 2.09. The second-order valence-corrected chi connectivity index (χ2v) is 3.71. The van der Waals surface area contributed by atoms with E-state index in [1.165, 1.54) is 24.3 Å². The highest BCUT2D eigenvalue weighted by Crippen LogP contribution is 2.25. The summed E-state index contributed by atoms with van der Waals surface area (Å²) < 4.78 is 4.99.